The molecule has 1 heterocycles. The second-order valence-electron chi connectivity index (χ2n) is 7.43. The Kier molecular flexibility index (Phi) is 5.16. The van der Waals surface area contributed by atoms with E-state index in [-0.39, 0.29) is 5.41 Å². The van der Waals surface area contributed by atoms with Gasteiger partial charge in [-0.05, 0) is 28.7 Å². The van der Waals surface area contributed by atoms with Gasteiger partial charge in [0.05, 0.1) is 6.20 Å². The number of benzene rings is 2. The van der Waals surface area contributed by atoms with Crippen LogP contribution in [0.3, 0.4) is 0 Å². The fourth-order valence-corrected chi connectivity index (χ4v) is 2.65. The number of hydrogen-bond donors (Lipinski definition) is 1. The van der Waals surface area contributed by atoms with Crippen molar-refractivity contribution in [1.29, 1.82) is 0 Å². The summed E-state index contributed by atoms with van der Waals surface area (Å²) >= 11 is 0. The van der Waals surface area contributed by atoms with Gasteiger partial charge in [0.1, 0.15) is 0 Å². The van der Waals surface area contributed by atoms with Gasteiger partial charge in [-0.25, -0.2) is 0 Å². The van der Waals surface area contributed by atoms with Gasteiger partial charge >= 0.3 is 0 Å². The Bertz CT molecular complexity index is 838. The molecule has 0 radical (unpaired) electrons. The highest BCUT2D eigenvalue weighted by Crippen LogP contribution is 2.24. The highest BCUT2D eigenvalue weighted by Gasteiger charge is 2.13. The second-order valence-corrected chi connectivity index (χ2v) is 7.43. The summed E-state index contributed by atoms with van der Waals surface area (Å²) in [6.07, 6.45) is 1.68. The van der Waals surface area contributed by atoms with Crippen molar-refractivity contribution in [3.63, 3.8) is 0 Å². The number of anilines is 3. The van der Waals surface area contributed by atoms with Crippen LogP contribution in [0.25, 0.3) is 0 Å². The smallest absolute Gasteiger partial charge is 0.249 e. The van der Waals surface area contributed by atoms with Crippen molar-refractivity contribution < 1.29 is 0 Å². The lowest BCUT2D eigenvalue weighted by atomic mass is 9.87. The zero-order valence-corrected chi connectivity index (χ0v) is 15.8. The van der Waals surface area contributed by atoms with E-state index in [0.717, 1.165) is 18.1 Å². The summed E-state index contributed by atoms with van der Waals surface area (Å²) in [4.78, 5) is 6.63. The van der Waals surface area contributed by atoms with Crippen molar-refractivity contribution in [2.45, 2.75) is 32.7 Å². The summed E-state index contributed by atoms with van der Waals surface area (Å²) in [5, 5.41) is 11.4. The van der Waals surface area contributed by atoms with Gasteiger partial charge in [-0.2, -0.15) is 10.1 Å². The van der Waals surface area contributed by atoms with E-state index in [4.69, 9.17) is 0 Å². The molecule has 5 heteroatoms. The summed E-state index contributed by atoms with van der Waals surface area (Å²) in [5.74, 6) is 1.27. The Hall–Kier alpha value is -2.95. The van der Waals surface area contributed by atoms with E-state index in [9.17, 15) is 0 Å². The van der Waals surface area contributed by atoms with Crippen molar-refractivity contribution in [3.05, 3.63) is 71.9 Å². The van der Waals surface area contributed by atoms with Gasteiger partial charge in [-0.15, -0.1) is 5.10 Å². The minimum Gasteiger partial charge on any atom is -0.354 e. The minimum atomic E-state index is 0.136. The third-order valence-electron chi connectivity index (χ3n) is 4.21. The molecular formula is C21H25N5. The maximum absolute atomic E-state index is 4.58. The Labute approximate surface area is 155 Å². The fourth-order valence-electron chi connectivity index (χ4n) is 2.65. The van der Waals surface area contributed by atoms with Crippen LogP contribution in [-0.4, -0.2) is 22.2 Å². The van der Waals surface area contributed by atoms with Crippen LogP contribution >= 0.6 is 0 Å². The molecule has 0 saturated heterocycles. The molecule has 0 amide bonds. The first-order valence-electron chi connectivity index (χ1n) is 8.74. The Morgan fingerprint density at radius 2 is 1.65 bits per heavy atom. The van der Waals surface area contributed by atoms with Crippen LogP contribution in [0, 0.1) is 0 Å². The zero-order valence-electron chi connectivity index (χ0n) is 15.8. The van der Waals surface area contributed by atoms with E-state index < -0.39 is 0 Å². The van der Waals surface area contributed by atoms with Crippen LogP contribution in [-0.2, 0) is 12.0 Å². The molecule has 26 heavy (non-hydrogen) atoms. The second kappa shape index (κ2) is 7.52. The van der Waals surface area contributed by atoms with E-state index in [2.05, 4.69) is 70.4 Å². The molecule has 1 aromatic heterocycles. The van der Waals surface area contributed by atoms with Crippen molar-refractivity contribution in [3.8, 4) is 0 Å². The van der Waals surface area contributed by atoms with Gasteiger partial charge in [0.25, 0.3) is 0 Å². The summed E-state index contributed by atoms with van der Waals surface area (Å²) in [5.41, 5.74) is 3.60. The van der Waals surface area contributed by atoms with Crippen LogP contribution < -0.4 is 10.2 Å². The maximum Gasteiger partial charge on any atom is 0.249 e. The van der Waals surface area contributed by atoms with Crippen molar-refractivity contribution in [1.82, 2.24) is 15.2 Å². The molecule has 3 rings (SSSR count). The Morgan fingerprint density at radius 1 is 0.962 bits per heavy atom. The summed E-state index contributed by atoms with van der Waals surface area (Å²) in [7, 11) is 2.00. The summed E-state index contributed by atoms with van der Waals surface area (Å²) < 4.78 is 0. The normalized spacial score (nSPS) is 11.2. The molecule has 0 bridgehead atoms. The number of hydrogen-bond acceptors (Lipinski definition) is 5. The predicted molar refractivity (Wildman–Crippen MR) is 107 cm³/mol. The number of aromatic nitrogens is 3. The largest absolute Gasteiger partial charge is 0.354 e. The predicted octanol–water partition coefficient (Wildman–Crippen LogP) is 4.55. The highest BCUT2D eigenvalue weighted by molar-refractivity contribution is 5.55. The summed E-state index contributed by atoms with van der Waals surface area (Å²) in [6, 6.07) is 18.6. The molecule has 2 aromatic carbocycles. The molecule has 0 fully saturated rings. The van der Waals surface area contributed by atoms with Gasteiger partial charge < -0.3 is 10.2 Å². The number of nitrogens with zero attached hydrogens (tertiary/aromatic N) is 4. The first kappa shape index (κ1) is 17.9. The van der Waals surface area contributed by atoms with Crippen molar-refractivity contribution in [2.24, 2.45) is 0 Å². The molecule has 3 aromatic rings. The molecule has 0 unspecified atom stereocenters. The van der Waals surface area contributed by atoms with Gasteiger partial charge in [0, 0.05) is 19.3 Å². The third kappa shape index (κ3) is 4.57. The average Bonchev–Trinajstić information content (AvgIpc) is 2.62. The third-order valence-corrected chi connectivity index (χ3v) is 4.21. The van der Waals surface area contributed by atoms with Gasteiger partial charge in [-0.1, -0.05) is 63.2 Å². The zero-order chi connectivity index (χ0) is 18.6. The van der Waals surface area contributed by atoms with Gasteiger partial charge in [0.15, 0.2) is 5.82 Å². The lowest BCUT2D eigenvalue weighted by Crippen LogP contribution is -2.18. The molecule has 0 aliphatic heterocycles. The fraction of sp³-hybridized carbons (Fsp3) is 0.286. The molecule has 1 N–H and O–H groups in total. The minimum absolute atomic E-state index is 0.136. The quantitative estimate of drug-likeness (QED) is 0.734. The maximum atomic E-state index is 4.58. The topological polar surface area (TPSA) is 53.9 Å². The first-order valence-corrected chi connectivity index (χ1v) is 8.74. The first-order chi connectivity index (χ1) is 12.4. The van der Waals surface area contributed by atoms with Crippen molar-refractivity contribution in [2.75, 3.05) is 17.3 Å². The lowest BCUT2D eigenvalue weighted by Gasteiger charge is -2.19. The van der Waals surface area contributed by atoms with E-state index in [1.54, 1.807) is 6.20 Å². The van der Waals surface area contributed by atoms with Crippen LogP contribution in [0.4, 0.5) is 17.5 Å². The average molecular weight is 347 g/mol. The SMILES string of the molecule is CN(Cc1ccccc1)c1cnnc(Nc2ccc(C(C)(C)C)cc2)n1. The van der Waals surface area contributed by atoms with Crippen molar-refractivity contribution >= 4 is 17.5 Å². The highest BCUT2D eigenvalue weighted by atomic mass is 15.3. The van der Waals surface area contributed by atoms with E-state index in [1.165, 1.54) is 11.1 Å². The van der Waals surface area contributed by atoms with Gasteiger partial charge in [0.2, 0.25) is 5.95 Å². The Morgan fingerprint density at radius 3 is 2.31 bits per heavy atom. The molecule has 134 valence electrons. The van der Waals surface area contributed by atoms with Gasteiger partial charge in [-0.3, -0.25) is 0 Å². The molecule has 0 aliphatic carbocycles. The molecule has 0 atom stereocenters. The van der Waals surface area contributed by atoms with Crippen LogP contribution in [0.15, 0.2) is 60.8 Å². The van der Waals surface area contributed by atoms with E-state index >= 15 is 0 Å². The van der Waals surface area contributed by atoms with Crippen LogP contribution in [0.5, 0.6) is 0 Å². The summed E-state index contributed by atoms with van der Waals surface area (Å²) in [6.45, 7) is 7.37. The standard InChI is InChI=1S/C21H25N5/c1-21(2,3)17-10-12-18(13-11-17)23-20-24-19(14-22-25-20)26(4)15-16-8-6-5-7-9-16/h5-14H,15H2,1-4H3,(H,23,24,25). The van der Waals surface area contributed by atoms with Crippen LogP contribution in [0.2, 0.25) is 0 Å². The number of nitrogens with one attached hydrogen (secondary N) is 1. The van der Waals surface area contributed by atoms with E-state index in [0.29, 0.717) is 5.95 Å². The molecule has 0 spiro atoms. The molecule has 5 nitrogen and oxygen atoms in total. The van der Waals surface area contributed by atoms with E-state index in [1.807, 2.05) is 37.4 Å². The molecule has 0 saturated carbocycles. The van der Waals surface area contributed by atoms with Crippen LogP contribution in [0.1, 0.15) is 31.9 Å². The lowest BCUT2D eigenvalue weighted by molar-refractivity contribution is 0.590. The molecule has 0 aliphatic rings. The monoisotopic (exact) mass is 347 g/mol. The number of rotatable bonds is 5. The molecular weight excluding hydrogens is 322 g/mol. The Balaban J connectivity index is 1.71.